The molecular weight excluding hydrogens is 804 g/mol. The van der Waals surface area contributed by atoms with E-state index in [4.69, 9.17) is 4.74 Å². The van der Waals surface area contributed by atoms with E-state index in [2.05, 4.69) is 42.2 Å². The normalized spacial score (nSPS) is 14.1. The number of rotatable bonds is 17. The Morgan fingerprint density at radius 2 is 1.75 bits per heavy atom. The first-order valence-corrected chi connectivity index (χ1v) is 22.2. The lowest BCUT2D eigenvalue weighted by Crippen LogP contribution is -2.48. The van der Waals surface area contributed by atoms with Gasteiger partial charge in [0.2, 0.25) is 5.91 Å². The van der Waals surface area contributed by atoms with E-state index in [-0.39, 0.29) is 29.7 Å². The molecule has 60 heavy (non-hydrogen) atoms. The standard InChI is InChI=1S/C44H49FN8O5S2/c1-29(54)12-5-3-4-6-18-38(55)52-25-23-51(24-26-52)21-9-13-31-19-20-35(33(45)28-31)58-27-11-17-37-39(42(56)57)47-44(60-37)53-22-10-14-32-30(2)40(49-50-41(32)53)48-43-46-34-15-7-8-16-36(34)59-43/h7-8,15-16,19-20,28H,3-6,10-12,14,17-18,21-27H2,1-2H3,(H,56,57)(H,46,48,49). The quantitative estimate of drug-likeness (QED) is 0.0690. The number of halogens is 1. The minimum atomic E-state index is -1.11. The number of carboxylic acid groups (broad SMARTS) is 1. The summed E-state index contributed by atoms with van der Waals surface area (Å²) in [7, 11) is 0. The lowest BCUT2D eigenvalue weighted by molar-refractivity contribution is -0.133. The Balaban J connectivity index is 0.874. The van der Waals surface area contributed by atoms with Crippen molar-refractivity contribution in [2.24, 2.45) is 0 Å². The summed E-state index contributed by atoms with van der Waals surface area (Å²) in [6.45, 7) is 7.78. The molecule has 2 aliphatic heterocycles. The number of aryl methyl sites for hydroxylation is 1. The van der Waals surface area contributed by atoms with Crippen molar-refractivity contribution in [3.63, 3.8) is 0 Å². The third kappa shape index (κ3) is 10.8. The summed E-state index contributed by atoms with van der Waals surface area (Å²) in [5, 5.41) is 23.7. The van der Waals surface area contributed by atoms with Gasteiger partial charge < -0.3 is 29.8 Å². The van der Waals surface area contributed by atoms with Crippen LogP contribution >= 0.6 is 22.7 Å². The highest BCUT2D eigenvalue weighted by atomic mass is 32.1. The van der Waals surface area contributed by atoms with Crippen molar-refractivity contribution in [1.29, 1.82) is 0 Å². The molecule has 0 spiro atoms. The first-order valence-electron chi connectivity index (χ1n) is 20.5. The molecule has 5 aromatic rings. The molecule has 13 nitrogen and oxygen atoms in total. The van der Waals surface area contributed by atoms with Crippen molar-refractivity contribution >= 4 is 72.4 Å². The topological polar surface area (TPSA) is 154 Å². The average molecular weight is 853 g/mol. The van der Waals surface area contributed by atoms with Crippen LogP contribution in [0.2, 0.25) is 0 Å². The molecule has 0 aliphatic carbocycles. The van der Waals surface area contributed by atoms with Gasteiger partial charge in [0.1, 0.15) is 5.78 Å². The van der Waals surface area contributed by atoms with Gasteiger partial charge in [-0.25, -0.2) is 19.2 Å². The molecule has 1 saturated heterocycles. The molecular formula is C44H49FN8O5S2. The van der Waals surface area contributed by atoms with Crippen LogP contribution in [-0.4, -0.2) is 98.6 Å². The van der Waals surface area contributed by atoms with Gasteiger partial charge in [0.25, 0.3) is 0 Å². The summed E-state index contributed by atoms with van der Waals surface area (Å²) in [6.07, 6.45) is 7.35. The van der Waals surface area contributed by atoms with E-state index >= 15 is 4.39 Å². The smallest absolute Gasteiger partial charge is 0.355 e. The Bertz CT molecular complexity index is 2370. The molecule has 5 heterocycles. The minimum Gasteiger partial charge on any atom is -0.491 e. The lowest BCUT2D eigenvalue weighted by Gasteiger charge is -2.33. The Labute approximate surface area is 357 Å². The Morgan fingerprint density at radius 3 is 2.52 bits per heavy atom. The van der Waals surface area contributed by atoms with Crippen LogP contribution in [0.3, 0.4) is 0 Å². The van der Waals surface area contributed by atoms with Gasteiger partial charge in [0.15, 0.2) is 39.2 Å². The summed E-state index contributed by atoms with van der Waals surface area (Å²) in [5.74, 6) is 6.36. The molecule has 7 rings (SSSR count). The van der Waals surface area contributed by atoms with Gasteiger partial charge in [-0.15, -0.1) is 21.5 Å². The van der Waals surface area contributed by atoms with E-state index in [0.717, 1.165) is 78.1 Å². The van der Waals surface area contributed by atoms with E-state index < -0.39 is 11.8 Å². The largest absolute Gasteiger partial charge is 0.491 e. The first-order chi connectivity index (χ1) is 29.1. The fraction of sp³-hybridized carbons (Fsp3) is 0.432. The van der Waals surface area contributed by atoms with Crippen molar-refractivity contribution in [2.75, 3.05) is 56.1 Å². The number of amides is 1. The number of unbranched alkanes of at least 4 members (excludes halogenated alkanes) is 3. The van der Waals surface area contributed by atoms with Crippen molar-refractivity contribution in [2.45, 2.75) is 78.1 Å². The van der Waals surface area contributed by atoms with Crippen LogP contribution in [0, 0.1) is 24.6 Å². The molecule has 2 aliphatic rings. The lowest BCUT2D eigenvalue weighted by atomic mass is 10.0. The van der Waals surface area contributed by atoms with Crippen molar-refractivity contribution in [3.8, 4) is 17.6 Å². The number of Topliss-reactive ketones (excluding diaryl/α,β-unsaturated/α-hetero) is 1. The number of aromatic carboxylic acids is 1. The number of thiazole rings is 2. The van der Waals surface area contributed by atoms with Gasteiger partial charge in [0, 0.05) is 67.1 Å². The zero-order chi connectivity index (χ0) is 42.0. The number of hydrogen-bond acceptors (Lipinski definition) is 13. The number of carboxylic acids is 1. The number of ether oxygens (including phenoxy) is 1. The molecule has 2 aromatic carbocycles. The van der Waals surface area contributed by atoms with E-state index in [1.807, 2.05) is 41.0 Å². The number of piperazine rings is 1. The average Bonchev–Trinajstić information content (AvgIpc) is 3.87. The maximum atomic E-state index is 15.0. The van der Waals surface area contributed by atoms with Gasteiger partial charge in [-0.3, -0.25) is 9.69 Å². The summed E-state index contributed by atoms with van der Waals surface area (Å²) in [6, 6.07) is 12.6. The maximum absolute atomic E-state index is 15.0. The molecule has 0 saturated carbocycles. The zero-order valence-corrected chi connectivity index (χ0v) is 35.6. The number of nitrogens with zero attached hydrogens (tertiary/aromatic N) is 7. The first kappa shape index (κ1) is 42.6. The van der Waals surface area contributed by atoms with Crippen LogP contribution in [0.4, 0.5) is 26.3 Å². The number of aromatic nitrogens is 4. The Morgan fingerprint density at radius 1 is 0.950 bits per heavy atom. The van der Waals surface area contributed by atoms with Crippen LogP contribution in [0.15, 0.2) is 42.5 Å². The van der Waals surface area contributed by atoms with Gasteiger partial charge in [-0.2, -0.15) is 0 Å². The van der Waals surface area contributed by atoms with E-state index in [0.29, 0.717) is 79.1 Å². The number of ketones is 1. The third-order valence-electron chi connectivity index (χ3n) is 10.7. The molecule has 0 bridgehead atoms. The number of fused-ring (bicyclic) bond motifs is 2. The number of benzene rings is 2. The summed E-state index contributed by atoms with van der Waals surface area (Å²) in [4.78, 5) is 51.8. The Kier molecular flexibility index (Phi) is 14.3. The highest BCUT2D eigenvalue weighted by molar-refractivity contribution is 7.22. The highest BCUT2D eigenvalue weighted by Crippen LogP contribution is 2.39. The molecule has 0 atom stereocenters. The Hall–Kier alpha value is -5.50. The highest BCUT2D eigenvalue weighted by Gasteiger charge is 2.28. The SMILES string of the molecule is CC(=O)CCCCCCC(=O)N1CCN(CC#Cc2ccc(OCCCc3sc(N4CCCc5c4nnc(Nc4nc6ccccc6s4)c5C)nc3C(=O)O)c(F)c2)CC1. The molecule has 0 radical (unpaired) electrons. The maximum Gasteiger partial charge on any atom is 0.355 e. The van der Waals surface area contributed by atoms with Crippen LogP contribution in [0.5, 0.6) is 5.75 Å². The van der Waals surface area contributed by atoms with Crippen molar-refractivity contribution in [3.05, 3.63) is 75.5 Å². The van der Waals surface area contributed by atoms with Gasteiger partial charge in [0.05, 0.1) is 23.4 Å². The van der Waals surface area contributed by atoms with Crippen LogP contribution < -0.4 is 15.0 Å². The molecule has 3 aromatic heterocycles. The van der Waals surface area contributed by atoms with Gasteiger partial charge in [-0.1, -0.05) is 48.2 Å². The van der Waals surface area contributed by atoms with E-state index in [9.17, 15) is 19.5 Å². The number of anilines is 4. The van der Waals surface area contributed by atoms with Crippen LogP contribution in [0.1, 0.15) is 90.3 Å². The predicted octanol–water partition coefficient (Wildman–Crippen LogP) is 7.95. The van der Waals surface area contributed by atoms with Crippen LogP contribution in [-0.2, 0) is 22.4 Å². The summed E-state index contributed by atoms with van der Waals surface area (Å²) >= 11 is 2.87. The third-order valence-corrected chi connectivity index (χ3v) is 12.8. The van der Waals surface area contributed by atoms with Gasteiger partial charge >= 0.3 is 5.97 Å². The number of hydrogen-bond donors (Lipinski definition) is 2. The summed E-state index contributed by atoms with van der Waals surface area (Å²) < 4.78 is 21.9. The second-order valence-corrected chi connectivity index (χ2v) is 17.2. The second kappa shape index (κ2) is 20.2. The molecule has 16 heteroatoms. The molecule has 1 fully saturated rings. The monoisotopic (exact) mass is 852 g/mol. The molecule has 2 N–H and O–H groups in total. The molecule has 314 valence electrons. The fourth-order valence-electron chi connectivity index (χ4n) is 7.38. The van der Waals surface area contributed by atoms with Crippen molar-refractivity contribution < 1.29 is 28.6 Å². The number of para-hydroxylation sites is 1. The molecule has 0 unspecified atom stereocenters. The van der Waals surface area contributed by atoms with E-state index in [1.165, 1.54) is 17.4 Å². The minimum absolute atomic E-state index is 0.00454. The van der Waals surface area contributed by atoms with Gasteiger partial charge in [-0.05, 0) is 82.7 Å². The van der Waals surface area contributed by atoms with E-state index in [1.54, 1.807) is 30.4 Å². The van der Waals surface area contributed by atoms with Crippen molar-refractivity contribution in [1.82, 2.24) is 30.0 Å². The zero-order valence-electron chi connectivity index (χ0n) is 34.0. The number of nitrogens with one attached hydrogen (secondary N) is 1. The molecule has 1 amide bonds. The second-order valence-electron chi connectivity index (χ2n) is 15.1. The number of carbonyl (C=O) groups excluding carboxylic acids is 2. The van der Waals surface area contributed by atoms with Crippen LogP contribution in [0.25, 0.3) is 10.2 Å². The predicted molar refractivity (Wildman–Crippen MR) is 233 cm³/mol. The summed E-state index contributed by atoms with van der Waals surface area (Å²) in [5.41, 5.74) is 3.45. The fourth-order valence-corrected chi connectivity index (χ4v) is 9.37. The number of carbonyl (C=O) groups is 3.